The maximum Gasteiger partial charge on any atom is 0.0589 e. The van der Waals surface area contributed by atoms with Crippen molar-refractivity contribution < 1.29 is 4.74 Å². The predicted molar refractivity (Wildman–Crippen MR) is 91.7 cm³/mol. The number of nitrogens with zero attached hydrogens (tertiary/aromatic N) is 1. The minimum atomic E-state index is 0.647. The molecule has 0 amide bonds. The van der Waals surface area contributed by atoms with Crippen LogP contribution in [0.5, 0.6) is 0 Å². The van der Waals surface area contributed by atoms with Crippen molar-refractivity contribution in [1.82, 2.24) is 10.2 Å². The molecule has 0 aromatic heterocycles. The molecule has 1 rings (SSSR count). The van der Waals surface area contributed by atoms with Gasteiger partial charge in [-0.1, -0.05) is 27.7 Å². The molecule has 0 bridgehead atoms. The zero-order valence-electron chi connectivity index (χ0n) is 15.2. The van der Waals surface area contributed by atoms with Crippen molar-refractivity contribution in [2.24, 2.45) is 17.8 Å². The highest BCUT2D eigenvalue weighted by Gasteiger charge is 2.35. The fourth-order valence-corrected chi connectivity index (χ4v) is 3.94. The molecule has 0 aromatic rings. The van der Waals surface area contributed by atoms with Gasteiger partial charge in [0.2, 0.25) is 0 Å². The van der Waals surface area contributed by atoms with Gasteiger partial charge in [-0.15, -0.1) is 0 Å². The third kappa shape index (κ3) is 5.88. The molecule has 0 aliphatic heterocycles. The highest BCUT2D eigenvalue weighted by Crippen LogP contribution is 2.34. The lowest BCUT2D eigenvalue weighted by Gasteiger charge is -2.43. The van der Waals surface area contributed by atoms with Crippen LogP contribution in [-0.2, 0) is 4.74 Å². The summed E-state index contributed by atoms with van der Waals surface area (Å²) in [6.45, 7) is 15.9. The van der Waals surface area contributed by atoms with E-state index < -0.39 is 0 Å². The molecule has 1 N–H and O–H groups in total. The number of ether oxygens (including phenoxy) is 1. The summed E-state index contributed by atoms with van der Waals surface area (Å²) in [5.41, 5.74) is 0. The minimum Gasteiger partial charge on any atom is -0.383 e. The lowest BCUT2D eigenvalue weighted by atomic mass is 9.72. The Morgan fingerprint density at radius 1 is 1.24 bits per heavy atom. The van der Waals surface area contributed by atoms with Crippen LogP contribution in [0.2, 0.25) is 0 Å². The normalized spacial score (nSPS) is 31.6. The fourth-order valence-electron chi connectivity index (χ4n) is 3.94. The van der Waals surface area contributed by atoms with E-state index >= 15 is 0 Å². The molecule has 0 heterocycles. The predicted octanol–water partition coefficient (Wildman–Crippen LogP) is 3.39. The Morgan fingerprint density at radius 3 is 2.52 bits per heavy atom. The second-order valence-electron chi connectivity index (χ2n) is 7.13. The van der Waals surface area contributed by atoms with Crippen LogP contribution in [-0.4, -0.2) is 50.3 Å². The van der Waals surface area contributed by atoms with Crippen LogP contribution in [0.4, 0.5) is 0 Å². The van der Waals surface area contributed by atoms with E-state index in [1.807, 2.05) is 0 Å². The minimum absolute atomic E-state index is 0.647. The molecule has 3 heteroatoms. The van der Waals surface area contributed by atoms with Gasteiger partial charge in [0.05, 0.1) is 6.61 Å². The quantitative estimate of drug-likeness (QED) is 0.706. The number of nitrogens with one attached hydrogen (secondary N) is 1. The highest BCUT2D eigenvalue weighted by molar-refractivity contribution is 4.89. The van der Waals surface area contributed by atoms with Crippen LogP contribution >= 0.6 is 0 Å². The van der Waals surface area contributed by atoms with Gasteiger partial charge in [-0.05, 0) is 50.5 Å². The molecular weight excluding hydrogens is 260 g/mol. The first-order valence-corrected chi connectivity index (χ1v) is 8.99. The maximum absolute atomic E-state index is 5.32. The average Bonchev–Trinajstić information content (AvgIpc) is 2.45. The van der Waals surface area contributed by atoms with E-state index in [0.29, 0.717) is 12.1 Å². The van der Waals surface area contributed by atoms with Gasteiger partial charge in [0.15, 0.2) is 0 Å². The lowest BCUT2D eigenvalue weighted by molar-refractivity contribution is 0.0633. The third-order valence-electron chi connectivity index (χ3n) is 5.39. The summed E-state index contributed by atoms with van der Waals surface area (Å²) in [5, 5.41) is 3.76. The molecule has 0 aromatic carbocycles. The Morgan fingerprint density at radius 2 is 1.95 bits per heavy atom. The molecule has 3 nitrogen and oxygen atoms in total. The number of hydrogen-bond donors (Lipinski definition) is 1. The van der Waals surface area contributed by atoms with E-state index in [4.69, 9.17) is 4.74 Å². The molecule has 1 saturated carbocycles. The molecule has 1 aliphatic rings. The molecule has 0 saturated heterocycles. The fraction of sp³-hybridized carbons (Fsp3) is 1.00. The van der Waals surface area contributed by atoms with E-state index in [0.717, 1.165) is 37.5 Å². The molecule has 5 atom stereocenters. The van der Waals surface area contributed by atoms with Crippen molar-refractivity contribution in [3.63, 3.8) is 0 Å². The molecule has 5 unspecified atom stereocenters. The Kier molecular flexibility index (Phi) is 8.84. The summed E-state index contributed by atoms with van der Waals surface area (Å²) in [4.78, 5) is 2.64. The SMILES string of the molecule is CCNC1CC(C)CC(C)C1CN(CCOC)C(C)CC. The Bertz CT molecular complexity index is 272. The summed E-state index contributed by atoms with van der Waals surface area (Å²) < 4.78 is 5.32. The molecule has 21 heavy (non-hydrogen) atoms. The van der Waals surface area contributed by atoms with Crippen LogP contribution in [0, 0.1) is 17.8 Å². The van der Waals surface area contributed by atoms with Gasteiger partial charge in [-0.2, -0.15) is 0 Å². The van der Waals surface area contributed by atoms with E-state index in [1.165, 1.54) is 25.8 Å². The molecule has 0 spiro atoms. The van der Waals surface area contributed by atoms with E-state index in [9.17, 15) is 0 Å². The van der Waals surface area contributed by atoms with Crippen molar-refractivity contribution in [2.45, 2.75) is 66.0 Å². The summed E-state index contributed by atoms with van der Waals surface area (Å²) in [7, 11) is 1.81. The third-order valence-corrected chi connectivity index (χ3v) is 5.39. The monoisotopic (exact) mass is 298 g/mol. The van der Waals surface area contributed by atoms with Gasteiger partial charge in [-0.25, -0.2) is 0 Å². The van der Waals surface area contributed by atoms with E-state index in [-0.39, 0.29) is 0 Å². The van der Waals surface area contributed by atoms with Gasteiger partial charge < -0.3 is 10.1 Å². The Balaban J connectivity index is 2.71. The van der Waals surface area contributed by atoms with Crippen molar-refractivity contribution in [2.75, 3.05) is 33.4 Å². The maximum atomic E-state index is 5.32. The molecule has 0 radical (unpaired) electrons. The summed E-state index contributed by atoms with van der Waals surface area (Å²) >= 11 is 0. The number of rotatable bonds is 9. The van der Waals surface area contributed by atoms with Crippen molar-refractivity contribution in [1.29, 1.82) is 0 Å². The topological polar surface area (TPSA) is 24.5 Å². The zero-order valence-corrected chi connectivity index (χ0v) is 15.2. The van der Waals surface area contributed by atoms with Crippen molar-refractivity contribution in [3.8, 4) is 0 Å². The largest absolute Gasteiger partial charge is 0.383 e. The first-order chi connectivity index (χ1) is 10.0. The zero-order chi connectivity index (χ0) is 15.8. The molecular formula is C18H38N2O. The Hall–Kier alpha value is -0.120. The Labute approximate surface area is 132 Å². The van der Waals surface area contributed by atoms with Crippen LogP contribution < -0.4 is 5.32 Å². The highest BCUT2D eigenvalue weighted by atomic mass is 16.5. The second kappa shape index (κ2) is 9.81. The number of hydrogen-bond acceptors (Lipinski definition) is 3. The van der Waals surface area contributed by atoms with Crippen LogP contribution in [0.1, 0.15) is 53.9 Å². The first kappa shape index (κ1) is 18.9. The van der Waals surface area contributed by atoms with Gasteiger partial charge in [-0.3, -0.25) is 4.90 Å². The van der Waals surface area contributed by atoms with Gasteiger partial charge >= 0.3 is 0 Å². The van der Waals surface area contributed by atoms with Crippen LogP contribution in [0.3, 0.4) is 0 Å². The van der Waals surface area contributed by atoms with Gasteiger partial charge in [0.1, 0.15) is 0 Å². The molecule has 1 aliphatic carbocycles. The van der Waals surface area contributed by atoms with Gasteiger partial charge in [0, 0.05) is 32.3 Å². The van der Waals surface area contributed by atoms with Gasteiger partial charge in [0.25, 0.3) is 0 Å². The van der Waals surface area contributed by atoms with Crippen LogP contribution in [0.15, 0.2) is 0 Å². The van der Waals surface area contributed by atoms with E-state index in [1.54, 1.807) is 7.11 Å². The average molecular weight is 299 g/mol. The lowest BCUT2D eigenvalue weighted by Crippen LogP contribution is -2.51. The van der Waals surface area contributed by atoms with Crippen molar-refractivity contribution in [3.05, 3.63) is 0 Å². The first-order valence-electron chi connectivity index (χ1n) is 8.99. The summed E-state index contributed by atoms with van der Waals surface area (Å²) in [6, 6.07) is 1.33. The smallest absolute Gasteiger partial charge is 0.0589 e. The van der Waals surface area contributed by atoms with Crippen molar-refractivity contribution >= 4 is 0 Å². The van der Waals surface area contributed by atoms with Crippen LogP contribution in [0.25, 0.3) is 0 Å². The number of methoxy groups -OCH3 is 1. The molecule has 1 fully saturated rings. The standard InChI is InChI=1S/C18H38N2O/c1-7-16(5)20(9-10-21-6)13-17-15(4)11-14(3)12-18(17)19-8-2/h14-19H,7-13H2,1-6H3. The second-order valence-corrected chi connectivity index (χ2v) is 7.13. The summed E-state index contributed by atoms with van der Waals surface area (Å²) in [6.07, 6.45) is 3.93. The molecule has 126 valence electrons. The van der Waals surface area contributed by atoms with E-state index in [2.05, 4.69) is 44.8 Å². The summed E-state index contributed by atoms with van der Waals surface area (Å²) in [5.74, 6) is 2.44.